The number of fused-ring (bicyclic) bond motifs is 1. The van der Waals surface area contributed by atoms with Crippen LogP contribution in [0.5, 0.6) is 0 Å². The van der Waals surface area contributed by atoms with Crippen LogP contribution in [0, 0.1) is 5.92 Å². The van der Waals surface area contributed by atoms with Gasteiger partial charge in [-0.1, -0.05) is 18.2 Å². The van der Waals surface area contributed by atoms with Crippen molar-refractivity contribution < 1.29 is 14.3 Å². The summed E-state index contributed by atoms with van der Waals surface area (Å²) in [6.07, 6.45) is 12.8. The summed E-state index contributed by atoms with van der Waals surface area (Å²) in [7, 11) is 0. The molecular weight excluding hydrogens is 316 g/mol. The molecule has 1 aromatic rings. The number of allylic oxidation sites excluding steroid dienone is 2. The number of ether oxygens (including phenoxy) is 2. The summed E-state index contributed by atoms with van der Waals surface area (Å²) >= 11 is 0. The maximum atomic E-state index is 13.0. The smallest absolute Gasteiger partial charge is 0.226 e. The minimum Gasteiger partial charge on any atom is -0.372 e. The second-order valence-corrected chi connectivity index (χ2v) is 7.20. The van der Waals surface area contributed by atoms with Gasteiger partial charge >= 0.3 is 0 Å². The standard InChI is InChI=1S/C20H26N2O3/c23-20(16-6-2-1-3-7-16)22-11-12-24-19-17(22)8-9-18(19)25-14-15-5-4-10-21-13-15/h1-2,4-5,10,13,16-19H,3,6-9,11-12,14H2/t16?,17-,18-,19+/m0/s1. The number of nitrogens with zero attached hydrogens (tertiary/aromatic N) is 2. The van der Waals surface area contributed by atoms with Crippen LogP contribution in [-0.2, 0) is 20.9 Å². The van der Waals surface area contributed by atoms with Crippen molar-refractivity contribution in [3.05, 3.63) is 42.2 Å². The van der Waals surface area contributed by atoms with E-state index >= 15 is 0 Å². The molecule has 1 saturated carbocycles. The number of morpholine rings is 1. The minimum atomic E-state index is 0.00787. The number of pyridine rings is 1. The highest BCUT2D eigenvalue weighted by atomic mass is 16.5. The first kappa shape index (κ1) is 16.7. The van der Waals surface area contributed by atoms with Gasteiger partial charge in [-0.3, -0.25) is 9.78 Å². The molecule has 3 aliphatic rings. The number of hydrogen-bond donors (Lipinski definition) is 0. The Morgan fingerprint density at radius 2 is 2.28 bits per heavy atom. The summed E-state index contributed by atoms with van der Waals surface area (Å²) in [6.45, 7) is 1.88. The predicted molar refractivity (Wildman–Crippen MR) is 93.8 cm³/mol. The van der Waals surface area contributed by atoms with Gasteiger partial charge in [0.2, 0.25) is 5.91 Å². The molecule has 25 heavy (non-hydrogen) atoms. The van der Waals surface area contributed by atoms with E-state index in [1.807, 2.05) is 18.3 Å². The van der Waals surface area contributed by atoms with Gasteiger partial charge in [0, 0.05) is 24.9 Å². The average molecular weight is 342 g/mol. The fraction of sp³-hybridized carbons (Fsp3) is 0.600. The van der Waals surface area contributed by atoms with E-state index in [0.717, 1.165) is 44.2 Å². The molecule has 0 radical (unpaired) electrons. The van der Waals surface area contributed by atoms with Gasteiger partial charge in [-0.15, -0.1) is 0 Å². The van der Waals surface area contributed by atoms with Gasteiger partial charge in [0.15, 0.2) is 0 Å². The second kappa shape index (κ2) is 7.67. The highest BCUT2D eigenvalue weighted by Gasteiger charge is 2.45. The zero-order chi connectivity index (χ0) is 17.1. The first-order chi connectivity index (χ1) is 12.3. The molecule has 2 heterocycles. The van der Waals surface area contributed by atoms with Crippen molar-refractivity contribution in [3.8, 4) is 0 Å². The molecule has 0 bridgehead atoms. The molecule has 1 saturated heterocycles. The number of hydrogen-bond acceptors (Lipinski definition) is 4. The molecule has 5 heteroatoms. The summed E-state index contributed by atoms with van der Waals surface area (Å²) < 4.78 is 12.1. The van der Waals surface area contributed by atoms with E-state index < -0.39 is 0 Å². The van der Waals surface area contributed by atoms with Crippen molar-refractivity contribution in [1.82, 2.24) is 9.88 Å². The molecule has 2 fully saturated rings. The van der Waals surface area contributed by atoms with Crippen LogP contribution in [0.15, 0.2) is 36.7 Å². The van der Waals surface area contributed by atoms with Crippen molar-refractivity contribution in [2.75, 3.05) is 13.2 Å². The third-order valence-electron chi connectivity index (χ3n) is 5.62. The van der Waals surface area contributed by atoms with Gasteiger partial charge in [0.05, 0.1) is 25.4 Å². The summed E-state index contributed by atoms with van der Waals surface area (Å²) in [5, 5.41) is 0. The lowest BCUT2D eigenvalue weighted by Gasteiger charge is -2.40. The summed E-state index contributed by atoms with van der Waals surface area (Å²) in [5.41, 5.74) is 1.07. The summed E-state index contributed by atoms with van der Waals surface area (Å²) in [5.74, 6) is 0.467. The van der Waals surface area contributed by atoms with Crippen LogP contribution in [-0.4, -0.2) is 47.2 Å². The van der Waals surface area contributed by atoms with E-state index in [-0.39, 0.29) is 24.2 Å². The van der Waals surface area contributed by atoms with Gasteiger partial charge in [-0.25, -0.2) is 0 Å². The van der Waals surface area contributed by atoms with E-state index in [1.165, 1.54) is 0 Å². The number of aromatic nitrogens is 1. The zero-order valence-corrected chi connectivity index (χ0v) is 14.5. The van der Waals surface area contributed by atoms with Gasteiger partial charge in [0.25, 0.3) is 0 Å². The fourth-order valence-corrected chi connectivity index (χ4v) is 4.31. The van der Waals surface area contributed by atoms with Crippen molar-refractivity contribution >= 4 is 5.91 Å². The monoisotopic (exact) mass is 342 g/mol. The first-order valence-electron chi connectivity index (χ1n) is 9.40. The molecule has 1 amide bonds. The van der Waals surface area contributed by atoms with Crippen LogP contribution < -0.4 is 0 Å². The SMILES string of the molecule is O=C(C1CC=CCC1)N1CCO[C@H]2[C@@H](OCc3cccnc3)CC[C@@H]21. The number of carbonyl (C=O) groups excluding carboxylic acids is 1. The zero-order valence-electron chi connectivity index (χ0n) is 14.5. The molecule has 1 unspecified atom stereocenters. The van der Waals surface area contributed by atoms with Crippen LogP contribution in [0.1, 0.15) is 37.7 Å². The van der Waals surface area contributed by atoms with Crippen molar-refractivity contribution in [1.29, 1.82) is 0 Å². The molecule has 0 N–H and O–H groups in total. The summed E-state index contributed by atoms with van der Waals surface area (Å²) in [6, 6.07) is 4.12. The quantitative estimate of drug-likeness (QED) is 0.790. The van der Waals surface area contributed by atoms with Gasteiger partial charge in [-0.2, -0.15) is 0 Å². The lowest BCUT2D eigenvalue weighted by molar-refractivity contribution is -0.156. The lowest BCUT2D eigenvalue weighted by atomic mass is 9.92. The number of amides is 1. The first-order valence-corrected chi connectivity index (χ1v) is 9.40. The van der Waals surface area contributed by atoms with Crippen LogP contribution in [0.25, 0.3) is 0 Å². The normalized spacial score (nSPS) is 31.8. The van der Waals surface area contributed by atoms with Gasteiger partial charge in [0.1, 0.15) is 6.10 Å². The van der Waals surface area contributed by atoms with Crippen molar-refractivity contribution in [2.45, 2.75) is 57.0 Å². The fourth-order valence-electron chi connectivity index (χ4n) is 4.31. The lowest BCUT2D eigenvalue weighted by Crippen LogP contribution is -2.55. The second-order valence-electron chi connectivity index (χ2n) is 7.20. The van der Waals surface area contributed by atoms with Crippen LogP contribution in [0.4, 0.5) is 0 Å². The van der Waals surface area contributed by atoms with Crippen LogP contribution in [0.2, 0.25) is 0 Å². The van der Waals surface area contributed by atoms with Crippen molar-refractivity contribution in [2.24, 2.45) is 5.92 Å². The topological polar surface area (TPSA) is 51.7 Å². The molecule has 134 valence electrons. The molecule has 0 aromatic carbocycles. The van der Waals surface area contributed by atoms with E-state index in [0.29, 0.717) is 19.1 Å². The molecule has 0 spiro atoms. The Balaban J connectivity index is 1.38. The third-order valence-corrected chi connectivity index (χ3v) is 5.62. The number of rotatable bonds is 4. The predicted octanol–water partition coefficient (Wildman–Crippen LogP) is 2.71. The van der Waals surface area contributed by atoms with Crippen LogP contribution in [0.3, 0.4) is 0 Å². The van der Waals surface area contributed by atoms with E-state index in [4.69, 9.17) is 9.47 Å². The highest BCUT2D eigenvalue weighted by Crippen LogP contribution is 2.34. The molecule has 4 rings (SSSR count). The molecule has 2 aliphatic carbocycles. The van der Waals surface area contributed by atoms with Crippen molar-refractivity contribution in [3.63, 3.8) is 0 Å². The highest BCUT2D eigenvalue weighted by molar-refractivity contribution is 5.79. The average Bonchev–Trinajstić information content (AvgIpc) is 3.10. The summed E-state index contributed by atoms with van der Waals surface area (Å²) in [4.78, 5) is 19.2. The molecule has 4 atom stereocenters. The number of carbonyl (C=O) groups is 1. The molecular formula is C20H26N2O3. The third kappa shape index (κ3) is 3.62. The Morgan fingerprint density at radius 3 is 3.08 bits per heavy atom. The Morgan fingerprint density at radius 1 is 1.32 bits per heavy atom. The van der Waals surface area contributed by atoms with E-state index in [2.05, 4.69) is 22.0 Å². The van der Waals surface area contributed by atoms with E-state index in [1.54, 1.807) is 6.20 Å². The molecule has 1 aliphatic heterocycles. The molecule has 1 aromatic heterocycles. The maximum Gasteiger partial charge on any atom is 0.226 e. The van der Waals surface area contributed by atoms with Gasteiger partial charge in [-0.05, 0) is 43.7 Å². The Labute approximate surface area is 149 Å². The largest absolute Gasteiger partial charge is 0.372 e. The van der Waals surface area contributed by atoms with Gasteiger partial charge < -0.3 is 14.4 Å². The minimum absolute atomic E-state index is 0.00787. The van der Waals surface area contributed by atoms with Crippen LogP contribution >= 0.6 is 0 Å². The Bertz CT molecular complexity index is 619. The Kier molecular flexibility index (Phi) is 5.13. The maximum absolute atomic E-state index is 13.0. The Hall–Kier alpha value is -1.72. The molecule has 5 nitrogen and oxygen atoms in total. The van der Waals surface area contributed by atoms with E-state index in [9.17, 15) is 4.79 Å².